The summed E-state index contributed by atoms with van der Waals surface area (Å²) >= 11 is 0. The van der Waals surface area contributed by atoms with Crippen LogP contribution in [-0.4, -0.2) is 54.0 Å². The number of aromatic nitrogens is 6. The number of para-hydroxylation sites is 1. The fourth-order valence-corrected chi connectivity index (χ4v) is 4.07. The SMILES string of the molecule is O=C(c1ccc2ccccc2n1)N1CCC(n2cc(-c3nc(-c4ccccc4)no3)nn2)C1. The van der Waals surface area contributed by atoms with Crippen molar-refractivity contribution in [1.29, 1.82) is 0 Å². The highest BCUT2D eigenvalue weighted by Crippen LogP contribution is 2.25. The molecule has 6 rings (SSSR count). The van der Waals surface area contributed by atoms with Gasteiger partial charge in [-0.05, 0) is 18.6 Å². The molecule has 3 aromatic heterocycles. The van der Waals surface area contributed by atoms with Gasteiger partial charge >= 0.3 is 0 Å². The van der Waals surface area contributed by atoms with E-state index in [1.165, 1.54) is 0 Å². The number of nitrogens with zero attached hydrogens (tertiary/aromatic N) is 7. The van der Waals surface area contributed by atoms with Crippen molar-refractivity contribution in [2.75, 3.05) is 13.1 Å². The number of amides is 1. The molecule has 0 saturated carbocycles. The van der Waals surface area contributed by atoms with E-state index in [9.17, 15) is 4.79 Å². The summed E-state index contributed by atoms with van der Waals surface area (Å²) in [6.45, 7) is 1.17. The predicted octanol–water partition coefficient (Wildman–Crippen LogP) is 3.63. The van der Waals surface area contributed by atoms with Crippen LogP contribution in [0.2, 0.25) is 0 Å². The normalized spacial score (nSPS) is 15.9. The Balaban J connectivity index is 1.17. The second kappa shape index (κ2) is 7.94. The molecule has 4 heterocycles. The molecular formula is C24H19N7O2. The number of carbonyl (C=O) groups excluding carboxylic acids is 1. The van der Waals surface area contributed by atoms with Gasteiger partial charge in [0.2, 0.25) is 5.82 Å². The highest BCUT2D eigenvalue weighted by molar-refractivity contribution is 5.95. The molecule has 1 saturated heterocycles. The van der Waals surface area contributed by atoms with Crippen LogP contribution in [0.15, 0.2) is 77.4 Å². The lowest BCUT2D eigenvalue weighted by atomic mass is 10.2. The van der Waals surface area contributed by atoms with Gasteiger partial charge in [0, 0.05) is 24.0 Å². The number of fused-ring (bicyclic) bond motifs is 1. The van der Waals surface area contributed by atoms with E-state index < -0.39 is 0 Å². The zero-order valence-corrected chi connectivity index (χ0v) is 17.6. The van der Waals surface area contributed by atoms with Crippen molar-refractivity contribution >= 4 is 16.8 Å². The quantitative estimate of drug-likeness (QED) is 0.423. The zero-order chi connectivity index (χ0) is 22.2. The fraction of sp³-hybridized carbons (Fsp3) is 0.167. The van der Waals surface area contributed by atoms with Gasteiger partial charge in [-0.3, -0.25) is 4.79 Å². The van der Waals surface area contributed by atoms with E-state index in [0.29, 0.717) is 36.2 Å². The molecule has 162 valence electrons. The largest absolute Gasteiger partial charge is 0.335 e. The van der Waals surface area contributed by atoms with Crippen LogP contribution in [0.25, 0.3) is 33.9 Å². The first-order valence-electron chi connectivity index (χ1n) is 10.7. The van der Waals surface area contributed by atoms with Gasteiger partial charge in [0.25, 0.3) is 11.8 Å². The number of hydrogen-bond acceptors (Lipinski definition) is 7. The summed E-state index contributed by atoms with van der Waals surface area (Å²) in [4.78, 5) is 23.8. The lowest BCUT2D eigenvalue weighted by Crippen LogP contribution is -2.29. The maximum atomic E-state index is 13.0. The van der Waals surface area contributed by atoms with E-state index in [4.69, 9.17) is 4.52 Å². The van der Waals surface area contributed by atoms with E-state index in [-0.39, 0.29) is 11.9 Å². The minimum absolute atomic E-state index is 0.0205. The molecule has 1 aliphatic heterocycles. The molecule has 1 fully saturated rings. The van der Waals surface area contributed by atoms with Gasteiger partial charge in [-0.1, -0.05) is 65.0 Å². The second-order valence-corrected chi connectivity index (χ2v) is 7.96. The maximum Gasteiger partial charge on any atom is 0.280 e. The number of likely N-dealkylation sites (tertiary alicyclic amines) is 1. The van der Waals surface area contributed by atoms with Crippen LogP contribution in [0.1, 0.15) is 23.0 Å². The fourth-order valence-electron chi connectivity index (χ4n) is 4.07. The number of rotatable bonds is 4. The number of carbonyl (C=O) groups is 1. The molecule has 0 spiro atoms. The van der Waals surface area contributed by atoms with Crippen LogP contribution in [0.5, 0.6) is 0 Å². The minimum atomic E-state index is -0.0759. The molecule has 0 radical (unpaired) electrons. The molecule has 1 aliphatic rings. The van der Waals surface area contributed by atoms with Gasteiger partial charge < -0.3 is 9.42 Å². The smallest absolute Gasteiger partial charge is 0.280 e. The van der Waals surface area contributed by atoms with Gasteiger partial charge in [0.05, 0.1) is 17.8 Å². The van der Waals surface area contributed by atoms with Gasteiger partial charge in [-0.15, -0.1) is 5.10 Å². The van der Waals surface area contributed by atoms with Crippen molar-refractivity contribution in [2.45, 2.75) is 12.5 Å². The molecule has 1 unspecified atom stereocenters. The number of pyridine rings is 1. The Morgan fingerprint density at radius 1 is 0.970 bits per heavy atom. The van der Waals surface area contributed by atoms with Crippen molar-refractivity contribution in [3.05, 3.63) is 78.6 Å². The van der Waals surface area contributed by atoms with Crippen molar-refractivity contribution in [1.82, 2.24) is 35.0 Å². The third-order valence-electron chi connectivity index (χ3n) is 5.83. The summed E-state index contributed by atoms with van der Waals surface area (Å²) < 4.78 is 7.15. The summed E-state index contributed by atoms with van der Waals surface area (Å²) in [5.74, 6) is 0.736. The first kappa shape index (κ1) is 19.3. The Bertz CT molecular complexity index is 1440. The Morgan fingerprint density at radius 3 is 2.73 bits per heavy atom. The van der Waals surface area contributed by atoms with E-state index in [1.807, 2.05) is 65.6 Å². The summed E-state index contributed by atoms with van der Waals surface area (Å²) in [7, 11) is 0. The average molecular weight is 437 g/mol. The molecule has 0 bridgehead atoms. The van der Waals surface area contributed by atoms with E-state index >= 15 is 0 Å². The predicted molar refractivity (Wildman–Crippen MR) is 120 cm³/mol. The topological polar surface area (TPSA) is 103 Å². The van der Waals surface area contributed by atoms with Crippen LogP contribution in [0, 0.1) is 0 Å². The zero-order valence-electron chi connectivity index (χ0n) is 17.6. The van der Waals surface area contributed by atoms with Gasteiger partial charge in [-0.2, -0.15) is 4.98 Å². The molecule has 9 nitrogen and oxygen atoms in total. The molecule has 1 amide bonds. The average Bonchev–Trinajstić information content (AvgIpc) is 3.64. The summed E-state index contributed by atoms with van der Waals surface area (Å²) in [5.41, 5.74) is 2.64. The maximum absolute atomic E-state index is 13.0. The molecule has 1 atom stereocenters. The molecular weight excluding hydrogens is 418 g/mol. The highest BCUT2D eigenvalue weighted by Gasteiger charge is 2.30. The molecule has 0 aliphatic carbocycles. The van der Waals surface area contributed by atoms with Gasteiger partial charge in [0.1, 0.15) is 5.69 Å². The van der Waals surface area contributed by atoms with E-state index in [2.05, 4.69) is 25.4 Å². The Kier molecular flexibility index (Phi) is 4.64. The molecule has 2 aromatic carbocycles. The lowest BCUT2D eigenvalue weighted by molar-refractivity contribution is 0.0781. The Labute approximate surface area is 188 Å². The van der Waals surface area contributed by atoms with Crippen LogP contribution in [0.4, 0.5) is 0 Å². The third-order valence-corrected chi connectivity index (χ3v) is 5.83. The van der Waals surface area contributed by atoms with E-state index in [1.54, 1.807) is 16.9 Å². The van der Waals surface area contributed by atoms with Crippen molar-refractivity contribution < 1.29 is 9.32 Å². The molecule has 33 heavy (non-hydrogen) atoms. The van der Waals surface area contributed by atoms with Crippen LogP contribution in [-0.2, 0) is 0 Å². The number of hydrogen-bond donors (Lipinski definition) is 0. The molecule has 9 heteroatoms. The first-order chi connectivity index (χ1) is 16.2. The summed E-state index contributed by atoms with van der Waals surface area (Å²) in [6.07, 6.45) is 2.57. The minimum Gasteiger partial charge on any atom is -0.335 e. The van der Waals surface area contributed by atoms with Crippen LogP contribution in [0.3, 0.4) is 0 Å². The van der Waals surface area contributed by atoms with Crippen LogP contribution < -0.4 is 0 Å². The van der Waals surface area contributed by atoms with Crippen molar-refractivity contribution in [3.8, 4) is 23.0 Å². The highest BCUT2D eigenvalue weighted by atomic mass is 16.5. The third kappa shape index (κ3) is 3.63. The number of benzene rings is 2. The van der Waals surface area contributed by atoms with Gasteiger partial charge in [-0.25, -0.2) is 9.67 Å². The second-order valence-electron chi connectivity index (χ2n) is 7.96. The lowest BCUT2D eigenvalue weighted by Gasteiger charge is -2.16. The van der Waals surface area contributed by atoms with Crippen molar-refractivity contribution in [2.24, 2.45) is 0 Å². The van der Waals surface area contributed by atoms with E-state index in [0.717, 1.165) is 22.9 Å². The monoisotopic (exact) mass is 437 g/mol. The Hall–Kier alpha value is -4.40. The van der Waals surface area contributed by atoms with Crippen LogP contribution >= 0.6 is 0 Å². The summed E-state index contributed by atoms with van der Waals surface area (Å²) in [6, 6.07) is 21.1. The van der Waals surface area contributed by atoms with Crippen molar-refractivity contribution in [3.63, 3.8) is 0 Å². The summed E-state index contributed by atoms with van der Waals surface area (Å²) in [5, 5.41) is 13.5. The molecule has 0 N–H and O–H groups in total. The standard InChI is InChI=1S/C24H19N7O2/c32-24(20-11-10-16-6-4-5-9-19(16)25-20)30-13-12-18(14-30)31-15-21(27-29-31)23-26-22(28-33-23)17-7-2-1-3-8-17/h1-11,15,18H,12-14H2. The first-order valence-corrected chi connectivity index (χ1v) is 10.7. The van der Waals surface area contributed by atoms with Gasteiger partial charge in [0.15, 0.2) is 5.69 Å². The Morgan fingerprint density at radius 2 is 1.82 bits per heavy atom. The molecule has 5 aromatic rings.